The fourth-order valence-corrected chi connectivity index (χ4v) is 2.11. The minimum absolute atomic E-state index is 0.0192. The third kappa shape index (κ3) is 3.29. The third-order valence-electron chi connectivity index (χ3n) is 2.29. The Morgan fingerprint density at radius 1 is 1.06 bits per heavy atom. The van der Waals surface area contributed by atoms with Gasteiger partial charge < -0.3 is 0 Å². The summed E-state index contributed by atoms with van der Waals surface area (Å²) >= 11 is 11.7. The van der Waals surface area contributed by atoms with Crippen molar-refractivity contribution in [3.63, 3.8) is 0 Å². The molecule has 0 bridgehead atoms. The summed E-state index contributed by atoms with van der Waals surface area (Å²) in [7, 11) is 0. The fourth-order valence-electron chi connectivity index (χ4n) is 1.54. The number of benzene rings is 1. The number of nitrogens with zero attached hydrogens (tertiary/aromatic N) is 1. The zero-order chi connectivity index (χ0) is 12.3. The van der Waals surface area contributed by atoms with Crippen LogP contribution in [0.25, 0.3) is 0 Å². The minimum atomic E-state index is 0.0192. The van der Waals surface area contributed by atoms with E-state index in [0.29, 0.717) is 15.6 Å². The van der Waals surface area contributed by atoms with Crippen molar-refractivity contribution in [3.05, 3.63) is 63.9 Å². The Balaban J connectivity index is 2.19. The van der Waals surface area contributed by atoms with Crippen LogP contribution < -0.4 is 0 Å². The third-order valence-corrected chi connectivity index (χ3v) is 2.73. The van der Waals surface area contributed by atoms with Gasteiger partial charge in [0.25, 0.3) is 0 Å². The summed E-state index contributed by atoms with van der Waals surface area (Å²) in [6.45, 7) is 0. The molecule has 0 aliphatic rings. The number of aromatic nitrogens is 1. The molecule has 1 aromatic heterocycles. The van der Waals surface area contributed by atoms with Crippen LogP contribution in [0.5, 0.6) is 0 Å². The summed E-state index contributed by atoms with van der Waals surface area (Å²) in [4.78, 5) is 15.8. The average Bonchev–Trinajstić information content (AvgIpc) is 2.28. The number of rotatable bonds is 3. The summed E-state index contributed by atoms with van der Waals surface area (Å²) in [5, 5.41) is 1.07. The maximum absolute atomic E-state index is 11.9. The van der Waals surface area contributed by atoms with Crippen LogP contribution in [0, 0.1) is 0 Å². The Hall–Kier alpha value is -1.38. The van der Waals surface area contributed by atoms with Gasteiger partial charge in [-0.15, -0.1) is 0 Å². The molecule has 0 atom stereocenters. The molecule has 0 saturated heterocycles. The molecular weight excluding hydrogens is 257 g/mol. The topological polar surface area (TPSA) is 30.0 Å². The molecule has 0 aliphatic carbocycles. The largest absolute Gasteiger partial charge is 0.294 e. The first-order chi connectivity index (χ1) is 8.15. The van der Waals surface area contributed by atoms with Gasteiger partial charge in [-0.2, -0.15) is 0 Å². The molecule has 17 heavy (non-hydrogen) atoms. The molecule has 1 heterocycles. The lowest BCUT2D eigenvalue weighted by molar-refractivity contribution is 0.0993. The monoisotopic (exact) mass is 265 g/mol. The number of pyridine rings is 1. The molecule has 0 N–H and O–H groups in total. The van der Waals surface area contributed by atoms with Gasteiger partial charge in [0.15, 0.2) is 5.78 Å². The van der Waals surface area contributed by atoms with Gasteiger partial charge in [-0.05, 0) is 35.9 Å². The van der Waals surface area contributed by atoms with Crippen molar-refractivity contribution in [2.45, 2.75) is 6.42 Å². The normalized spacial score (nSPS) is 10.2. The molecule has 0 radical (unpaired) electrons. The van der Waals surface area contributed by atoms with Gasteiger partial charge in [-0.3, -0.25) is 9.78 Å². The van der Waals surface area contributed by atoms with Gasteiger partial charge in [0.05, 0.1) is 0 Å². The minimum Gasteiger partial charge on any atom is -0.294 e. The Kier molecular flexibility index (Phi) is 3.77. The van der Waals surface area contributed by atoms with E-state index in [-0.39, 0.29) is 12.2 Å². The zero-order valence-corrected chi connectivity index (χ0v) is 10.4. The number of hydrogen-bond acceptors (Lipinski definition) is 2. The first kappa shape index (κ1) is 12.1. The van der Waals surface area contributed by atoms with E-state index in [2.05, 4.69) is 4.98 Å². The number of Topliss-reactive ketones (excluding diaryl/α,β-unsaturated/α-hetero) is 1. The van der Waals surface area contributed by atoms with E-state index >= 15 is 0 Å². The van der Waals surface area contributed by atoms with E-state index in [1.54, 1.807) is 42.7 Å². The van der Waals surface area contributed by atoms with Gasteiger partial charge in [-0.1, -0.05) is 23.2 Å². The highest BCUT2D eigenvalue weighted by Crippen LogP contribution is 2.20. The predicted molar refractivity (Wildman–Crippen MR) is 68.7 cm³/mol. The molecule has 1 aromatic carbocycles. The van der Waals surface area contributed by atoms with Crippen molar-refractivity contribution < 1.29 is 4.79 Å². The first-order valence-electron chi connectivity index (χ1n) is 5.03. The van der Waals surface area contributed by atoms with Crippen LogP contribution >= 0.6 is 23.2 Å². The van der Waals surface area contributed by atoms with Crippen LogP contribution in [0.2, 0.25) is 10.0 Å². The highest BCUT2D eigenvalue weighted by Gasteiger charge is 2.07. The van der Waals surface area contributed by atoms with Crippen molar-refractivity contribution in [1.82, 2.24) is 4.98 Å². The molecule has 0 spiro atoms. The van der Waals surface area contributed by atoms with Gasteiger partial charge >= 0.3 is 0 Å². The predicted octanol–water partition coefficient (Wildman–Crippen LogP) is 3.81. The van der Waals surface area contributed by atoms with Gasteiger partial charge in [0.1, 0.15) is 0 Å². The van der Waals surface area contributed by atoms with Crippen LogP contribution in [0.3, 0.4) is 0 Å². The van der Waals surface area contributed by atoms with Crippen LogP contribution in [0.4, 0.5) is 0 Å². The number of halogens is 2. The van der Waals surface area contributed by atoms with Crippen molar-refractivity contribution >= 4 is 29.0 Å². The second-order valence-electron chi connectivity index (χ2n) is 3.61. The molecule has 0 aliphatic heterocycles. The van der Waals surface area contributed by atoms with Crippen molar-refractivity contribution in [2.75, 3.05) is 0 Å². The van der Waals surface area contributed by atoms with Gasteiger partial charge in [0.2, 0.25) is 0 Å². The Morgan fingerprint density at radius 3 is 2.24 bits per heavy atom. The molecule has 0 unspecified atom stereocenters. The molecule has 2 nitrogen and oxygen atoms in total. The van der Waals surface area contributed by atoms with E-state index in [4.69, 9.17) is 23.2 Å². The highest BCUT2D eigenvalue weighted by atomic mass is 35.5. The number of carbonyl (C=O) groups excluding carboxylic acids is 1. The summed E-state index contributed by atoms with van der Waals surface area (Å²) < 4.78 is 0. The zero-order valence-electron chi connectivity index (χ0n) is 8.86. The molecule has 0 amide bonds. The van der Waals surface area contributed by atoms with E-state index in [1.165, 1.54) is 0 Å². The number of hydrogen-bond donors (Lipinski definition) is 0. The smallest absolute Gasteiger partial charge is 0.167 e. The molecule has 4 heteroatoms. The van der Waals surface area contributed by atoms with Crippen molar-refractivity contribution in [1.29, 1.82) is 0 Å². The van der Waals surface area contributed by atoms with E-state index in [1.807, 2.05) is 0 Å². The lowest BCUT2D eigenvalue weighted by Crippen LogP contribution is -2.03. The Labute approximate surface area is 109 Å². The molecular formula is C13H9Cl2NO. The summed E-state index contributed by atoms with van der Waals surface area (Å²) in [5.74, 6) is 0.0192. The summed E-state index contributed by atoms with van der Waals surface area (Å²) in [5.41, 5.74) is 1.44. The highest BCUT2D eigenvalue weighted by molar-refractivity contribution is 6.34. The Morgan fingerprint density at radius 2 is 1.65 bits per heavy atom. The van der Waals surface area contributed by atoms with Crippen molar-refractivity contribution in [2.24, 2.45) is 0 Å². The fraction of sp³-hybridized carbons (Fsp3) is 0.0769. The van der Waals surface area contributed by atoms with E-state index < -0.39 is 0 Å². The van der Waals surface area contributed by atoms with Crippen molar-refractivity contribution in [3.8, 4) is 0 Å². The lowest BCUT2D eigenvalue weighted by Gasteiger charge is -2.03. The second-order valence-corrected chi connectivity index (χ2v) is 4.49. The maximum atomic E-state index is 11.9. The second kappa shape index (κ2) is 5.30. The van der Waals surface area contributed by atoms with Crippen LogP contribution in [-0.2, 0) is 6.42 Å². The summed E-state index contributed by atoms with van der Waals surface area (Å²) in [6.07, 6.45) is 3.47. The standard InChI is InChI=1S/C13H9Cl2NO/c14-11-5-9(6-12(15)8-11)7-13(17)10-1-3-16-4-2-10/h1-6,8H,7H2. The van der Waals surface area contributed by atoms with E-state index in [9.17, 15) is 4.79 Å². The maximum Gasteiger partial charge on any atom is 0.167 e. The molecule has 0 saturated carbocycles. The lowest BCUT2D eigenvalue weighted by atomic mass is 10.0. The van der Waals surface area contributed by atoms with Gasteiger partial charge in [-0.25, -0.2) is 0 Å². The number of carbonyl (C=O) groups is 1. The first-order valence-corrected chi connectivity index (χ1v) is 5.79. The molecule has 0 fully saturated rings. The average molecular weight is 266 g/mol. The van der Waals surface area contributed by atoms with Crippen LogP contribution in [-0.4, -0.2) is 10.8 Å². The quantitative estimate of drug-likeness (QED) is 0.790. The molecule has 2 rings (SSSR count). The SMILES string of the molecule is O=C(Cc1cc(Cl)cc(Cl)c1)c1ccncc1. The Bertz CT molecular complexity index is 520. The molecule has 2 aromatic rings. The van der Waals surface area contributed by atoms with Crippen LogP contribution in [0.15, 0.2) is 42.7 Å². The summed E-state index contributed by atoms with van der Waals surface area (Å²) in [6, 6.07) is 8.51. The number of ketones is 1. The van der Waals surface area contributed by atoms with E-state index in [0.717, 1.165) is 5.56 Å². The van der Waals surface area contributed by atoms with Crippen LogP contribution in [0.1, 0.15) is 15.9 Å². The van der Waals surface area contributed by atoms with Gasteiger partial charge in [0, 0.05) is 34.4 Å². The molecule has 86 valence electrons.